The number of nitrogens with one attached hydrogen (secondary N) is 2. The lowest BCUT2D eigenvalue weighted by Gasteiger charge is -2.30. The van der Waals surface area contributed by atoms with Crippen LogP contribution in [0.1, 0.15) is 5.56 Å². The largest absolute Gasteiger partial charge is 0.368 e. The molecule has 10 heteroatoms. The molecule has 0 spiro atoms. The monoisotopic (exact) mass is 320 g/mol. The Kier molecular flexibility index (Phi) is 4.52. The number of aliphatic imine (C=N–C) groups is 1. The maximum Gasteiger partial charge on any atom is 0.213 e. The van der Waals surface area contributed by atoms with E-state index in [4.69, 9.17) is 10.9 Å². The molecular formula is C11H14F2N4O3S. The van der Waals surface area contributed by atoms with E-state index in [1.165, 1.54) is 0 Å². The molecule has 3 unspecified atom stereocenters. The number of hydrogen-bond donors (Lipinski definition) is 5. The van der Waals surface area contributed by atoms with E-state index in [1.54, 1.807) is 5.48 Å². The molecule has 1 aromatic rings. The molecule has 0 aromatic heterocycles. The topological polar surface area (TPSA) is 120 Å². The molecule has 2 rings (SSSR count). The number of nitrogens with two attached hydrogens (primary N) is 1. The summed E-state index contributed by atoms with van der Waals surface area (Å²) in [5.74, 6) is -1.98. The Morgan fingerprint density at radius 2 is 2.29 bits per heavy atom. The van der Waals surface area contributed by atoms with Gasteiger partial charge in [0.05, 0.1) is 0 Å². The van der Waals surface area contributed by atoms with Gasteiger partial charge in [-0.2, -0.15) is 0 Å². The molecule has 0 radical (unpaired) electrons. The number of benzene rings is 1. The van der Waals surface area contributed by atoms with Crippen LogP contribution >= 0.6 is 0 Å². The molecule has 116 valence electrons. The maximum absolute atomic E-state index is 14.1. The molecule has 1 aromatic carbocycles. The standard InChI is InChI=1S/C11H14F2N4O3S/c12-6-1-2-8(13)7(3-6)11(16-10(14)17-18)5-15-4-9(11)21(19)20/h1-3,9,15,18H,4-5H2,(H,19,20)(H3,14,16,17). The molecule has 0 bridgehead atoms. The second-order valence-electron chi connectivity index (χ2n) is 4.55. The fraction of sp³-hybridized carbons (Fsp3) is 0.364. The summed E-state index contributed by atoms with van der Waals surface area (Å²) in [7, 11) is 0. The van der Waals surface area contributed by atoms with Gasteiger partial charge in [-0.25, -0.2) is 23.5 Å². The minimum absolute atomic E-state index is 0.0350. The predicted octanol–water partition coefficient (Wildman–Crippen LogP) is -0.353. The summed E-state index contributed by atoms with van der Waals surface area (Å²) in [6.45, 7) is 0.0218. The number of nitrogens with zero attached hydrogens (tertiary/aromatic N) is 1. The first-order valence-electron chi connectivity index (χ1n) is 5.92. The zero-order valence-electron chi connectivity index (χ0n) is 10.7. The van der Waals surface area contributed by atoms with E-state index < -0.39 is 39.5 Å². The van der Waals surface area contributed by atoms with Crippen molar-refractivity contribution in [3.63, 3.8) is 0 Å². The Hall–Kier alpha value is -1.62. The van der Waals surface area contributed by atoms with Crippen molar-refractivity contribution in [3.8, 4) is 0 Å². The second kappa shape index (κ2) is 6.02. The van der Waals surface area contributed by atoms with E-state index in [1.807, 2.05) is 0 Å². The molecule has 21 heavy (non-hydrogen) atoms. The molecule has 1 fully saturated rings. The zero-order chi connectivity index (χ0) is 15.6. The normalized spacial score (nSPS) is 27.6. The van der Waals surface area contributed by atoms with Gasteiger partial charge in [0, 0.05) is 18.7 Å². The van der Waals surface area contributed by atoms with Gasteiger partial charge in [0.15, 0.2) is 11.1 Å². The van der Waals surface area contributed by atoms with Crippen molar-refractivity contribution in [3.05, 3.63) is 35.4 Å². The minimum atomic E-state index is -2.37. The summed E-state index contributed by atoms with van der Waals surface area (Å²) in [6, 6.07) is 2.73. The summed E-state index contributed by atoms with van der Waals surface area (Å²) in [4.78, 5) is 3.91. The zero-order valence-corrected chi connectivity index (χ0v) is 11.5. The Balaban J connectivity index is 2.66. The Morgan fingerprint density at radius 3 is 2.90 bits per heavy atom. The number of halogens is 2. The van der Waals surface area contributed by atoms with Crippen LogP contribution in [0, 0.1) is 11.6 Å². The van der Waals surface area contributed by atoms with Crippen LogP contribution in [-0.2, 0) is 16.6 Å². The lowest BCUT2D eigenvalue weighted by molar-refractivity contribution is 0.230. The van der Waals surface area contributed by atoms with Gasteiger partial charge in [0.2, 0.25) is 5.96 Å². The van der Waals surface area contributed by atoms with Crippen molar-refractivity contribution in [1.82, 2.24) is 10.8 Å². The highest BCUT2D eigenvalue weighted by atomic mass is 32.2. The lowest BCUT2D eigenvalue weighted by atomic mass is 9.88. The molecule has 7 nitrogen and oxygen atoms in total. The smallest absolute Gasteiger partial charge is 0.213 e. The first-order valence-corrected chi connectivity index (χ1v) is 7.09. The van der Waals surface area contributed by atoms with Crippen LogP contribution < -0.4 is 16.5 Å². The van der Waals surface area contributed by atoms with Crippen LogP contribution in [0.2, 0.25) is 0 Å². The lowest BCUT2D eigenvalue weighted by Crippen LogP contribution is -2.44. The Labute approximate surface area is 121 Å². The van der Waals surface area contributed by atoms with Crippen LogP contribution in [0.25, 0.3) is 0 Å². The third-order valence-electron chi connectivity index (χ3n) is 3.33. The van der Waals surface area contributed by atoms with Gasteiger partial charge < -0.3 is 15.6 Å². The van der Waals surface area contributed by atoms with Crippen molar-refractivity contribution in [2.45, 2.75) is 10.8 Å². The quantitative estimate of drug-likeness (QED) is 0.225. The summed E-state index contributed by atoms with van der Waals surface area (Å²) >= 11 is -2.37. The van der Waals surface area contributed by atoms with E-state index in [0.29, 0.717) is 0 Å². The highest BCUT2D eigenvalue weighted by Gasteiger charge is 2.49. The van der Waals surface area contributed by atoms with Gasteiger partial charge in [0.1, 0.15) is 22.4 Å². The summed E-state index contributed by atoms with van der Waals surface area (Å²) in [5.41, 5.74) is 5.16. The summed E-state index contributed by atoms with van der Waals surface area (Å²) in [6.07, 6.45) is 0. The highest BCUT2D eigenvalue weighted by molar-refractivity contribution is 7.80. The van der Waals surface area contributed by atoms with E-state index >= 15 is 0 Å². The van der Waals surface area contributed by atoms with Gasteiger partial charge in [-0.1, -0.05) is 0 Å². The molecule has 1 saturated heterocycles. The molecule has 1 aliphatic heterocycles. The van der Waals surface area contributed by atoms with Crippen LogP contribution in [0.3, 0.4) is 0 Å². The van der Waals surface area contributed by atoms with Crippen molar-refractivity contribution in [2.24, 2.45) is 10.7 Å². The van der Waals surface area contributed by atoms with Gasteiger partial charge in [-0.15, -0.1) is 0 Å². The van der Waals surface area contributed by atoms with Crippen molar-refractivity contribution >= 4 is 17.0 Å². The molecule has 0 amide bonds. The van der Waals surface area contributed by atoms with Gasteiger partial charge in [-0.05, 0) is 18.2 Å². The minimum Gasteiger partial charge on any atom is -0.368 e. The third kappa shape index (κ3) is 2.88. The molecule has 3 atom stereocenters. The van der Waals surface area contributed by atoms with Crippen LogP contribution in [-0.4, -0.2) is 38.3 Å². The van der Waals surface area contributed by atoms with E-state index in [-0.39, 0.29) is 18.7 Å². The van der Waals surface area contributed by atoms with Crippen molar-refractivity contribution in [1.29, 1.82) is 0 Å². The first-order chi connectivity index (χ1) is 9.90. The van der Waals surface area contributed by atoms with E-state index in [0.717, 1.165) is 18.2 Å². The molecular weight excluding hydrogens is 306 g/mol. The molecule has 1 heterocycles. The van der Waals surface area contributed by atoms with Crippen LogP contribution in [0.4, 0.5) is 8.78 Å². The number of hydrogen-bond acceptors (Lipinski definition) is 4. The third-order valence-corrected chi connectivity index (χ3v) is 4.37. The average Bonchev–Trinajstić information content (AvgIpc) is 2.86. The number of guanidine groups is 1. The van der Waals surface area contributed by atoms with Gasteiger partial charge in [0.25, 0.3) is 0 Å². The molecule has 6 N–H and O–H groups in total. The summed E-state index contributed by atoms with van der Waals surface area (Å²) in [5, 5.41) is 10.5. The van der Waals surface area contributed by atoms with E-state index in [9.17, 15) is 17.5 Å². The van der Waals surface area contributed by atoms with Crippen LogP contribution in [0.5, 0.6) is 0 Å². The number of hydroxylamine groups is 1. The maximum atomic E-state index is 14.1. The van der Waals surface area contributed by atoms with E-state index in [2.05, 4.69) is 10.3 Å². The molecule has 0 saturated carbocycles. The van der Waals surface area contributed by atoms with Crippen molar-refractivity contribution in [2.75, 3.05) is 13.1 Å². The molecule has 1 aliphatic rings. The SMILES string of the molecule is NC(=NC1(c2cc(F)ccc2F)CNCC1S(=O)O)NO. The average molecular weight is 320 g/mol. The fourth-order valence-electron chi connectivity index (χ4n) is 2.42. The highest BCUT2D eigenvalue weighted by Crippen LogP contribution is 2.37. The second-order valence-corrected chi connectivity index (χ2v) is 5.67. The Morgan fingerprint density at radius 1 is 1.57 bits per heavy atom. The summed E-state index contributed by atoms with van der Waals surface area (Å²) < 4.78 is 48.5. The number of rotatable bonds is 3. The van der Waals surface area contributed by atoms with Crippen LogP contribution in [0.15, 0.2) is 23.2 Å². The molecule has 0 aliphatic carbocycles. The predicted molar refractivity (Wildman–Crippen MR) is 72.0 cm³/mol. The van der Waals surface area contributed by atoms with Crippen molar-refractivity contribution < 1.29 is 22.7 Å². The first kappa shape index (κ1) is 15.8. The van der Waals surface area contributed by atoms with Gasteiger partial charge >= 0.3 is 0 Å². The fourth-order valence-corrected chi connectivity index (χ4v) is 3.28. The Bertz CT molecular complexity index is 601. The van der Waals surface area contributed by atoms with Gasteiger partial charge in [-0.3, -0.25) is 5.21 Å².